The molecule has 11 heteroatoms. The van der Waals surface area contributed by atoms with Crippen molar-refractivity contribution in [1.29, 1.82) is 0 Å². The van der Waals surface area contributed by atoms with Crippen molar-refractivity contribution in [3.8, 4) is 0 Å². The molecule has 2 heterocycles. The van der Waals surface area contributed by atoms with Crippen LogP contribution >= 0.6 is 0 Å². The van der Waals surface area contributed by atoms with E-state index in [2.05, 4.69) is 20.6 Å². The summed E-state index contributed by atoms with van der Waals surface area (Å²) < 4.78 is 38.8. The van der Waals surface area contributed by atoms with Gasteiger partial charge in [-0.1, -0.05) is 13.8 Å². The molecule has 2 rings (SSSR count). The van der Waals surface area contributed by atoms with Gasteiger partial charge in [0, 0.05) is 19.2 Å². The highest BCUT2D eigenvalue weighted by Crippen LogP contribution is 2.33. The van der Waals surface area contributed by atoms with Crippen LogP contribution in [0.2, 0.25) is 0 Å². The third-order valence-electron chi connectivity index (χ3n) is 4.14. The van der Waals surface area contributed by atoms with Gasteiger partial charge in [0.1, 0.15) is 11.4 Å². The number of alkyl halides is 3. The Labute approximate surface area is 146 Å². The lowest BCUT2D eigenvalue weighted by Gasteiger charge is -2.37. The van der Waals surface area contributed by atoms with E-state index < -0.39 is 47.2 Å². The summed E-state index contributed by atoms with van der Waals surface area (Å²) in [7, 11) is 0. The van der Waals surface area contributed by atoms with E-state index in [9.17, 15) is 27.6 Å². The van der Waals surface area contributed by atoms with Crippen molar-refractivity contribution in [2.45, 2.75) is 33.0 Å². The monoisotopic (exact) mass is 374 g/mol. The van der Waals surface area contributed by atoms with Crippen LogP contribution in [0.5, 0.6) is 0 Å². The van der Waals surface area contributed by atoms with Crippen LogP contribution in [0.4, 0.5) is 13.2 Å². The van der Waals surface area contributed by atoms with Gasteiger partial charge in [-0.05, 0) is 5.41 Å². The summed E-state index contributed by atoms with van der Waals surface area (Å²) in [6.07, 6.45) is -4.26. The summed E-state index contributed by atoms with van der Waals surface area (Å²) in [5.41, 5.74) is -3.25. The van der Waals surface area contributed by atoms with E-state index in [4.69, 9.17) is 5.11 Å². The molecule has 0 radical (unpaired) electrons. The number of hydrogen-bond acceptors (Lipinski definition) is 5. The minimum Gasteiger partial charge on any atom is -0.478 e. The molecule has 1 saturated heterocycles. The Kier molecular flexibility index (Phi) is 5.19. The SMILES string of the molecule is CC1(C)CC(=O)NCC1C(=O)NCc1ncc(C(=O)O)c(C(F)(F)F)n1. The predicted molar refractivity (Wildman–Crippen MR) is 80.7 cm³/mol. The zero-order chi connectivity index (χ0) is 19.7. The van der Waals surface area contributed by atoms with Crippen LogP contribution < -0.4 is 10.6 Å². The van der Waals surface area contributed by atoms with Crippen molar-refractivity contribution in [2.75, 3.05) is 6.54 Å². The van der Waals surface area contributed by atoms with Crippen LogP contribution in [0.1, 0.15) is 42.1 Å². The van der Waals surface area contributed by atoms with Crippen LogP contribution in [0.15, 0.2) is 6.20 Å². The molecule has 0 saturated carbocycles. The number of hydrogen-bond donors (Lipinski definition) is 3. The number of carbonyl (C=O) groups is 3. The average Bonchev–Trinajstić information content (AvgIpc) is 2.50. The number of carboxylic acid groups (broad SMARTS) is 1. The highest BCUT2D eigenvalue weighted by molar-refractivity contribution is 5.88. The number of nitrogens with one attached hydrogen (secondary N) is 2. The molecular weight excluding hydrogens is 357 g/mol. The van der Waals surface area contributed by atoms with Gasteiger partial charge in [-0.3, -0.25) is 9.59 Å². The van der Waals surface area contributed by atoms with Gasteiger partial charge in [0.15, 0.2) is 5.69 Å². The summed E-state index contributed by atoms with van der Waals surface area (Å²) in [4.78, 5) is 41.4. The molecule has 1 aromatic heterocycles. The highest BCUT2D eigenvalue weighted by atomic mass is 19.4. The first kappa shape index (κ1) is 19.6. The smallest absolute Gasteiger partial charge is 0.434 e. The summed E-state index contributed by atoms with van der Waals surface area (Å²) in [6, 6.07) is 0. The third kappa shape index (κ3) is 4.27. The number of amides is 2. The number of aromatic carboxylic acids is 1. The molecule has 2 amide bonds. The molecule has 8 nitrogen and oxygen atoms in total. The largest absolute Gasteiger partial charge is 0.478 e. The van der Waals surface area contributed by atoms with Gasteiger partial charge >= 0.3 is 12.1 Å². The molecule has 1 fully saturated rings. The molecule has 1 unspecified atom stereocenters. The van der Waals surface area contributed by atoms with Gasteiger partial charge in [-0.2, -0.15) is 13.2 Å². The Hall–Kier alpha value is -2.72. The van der Waals surface area contributed by atoms with Crippen LogP contribution in [0.25, 0.3) is 0 Å². The number of nitrogens with zero attached hydrogens (tertiary/aromatic N) is 2. The van der Waals surface area contributed by atoms with Gasteiger partial charge in [-0.15, -0.1) is 0 Å². The standard InChI is InChI=1S/C15H17F3N4O4/c1-14(2)3-10(23)20-5-8(14)12(24)21-6-9-19-4-7(13(25)26)11(22-9)15(16,17)18/h4,8H,3,5-6H2,1-2H3,(H,20,23)(H,21,24)(H,25,26). The molecule has 26 heavy (non-hydrogen) atoms. The summed E-state index contributed by atoms with van der Waals surface area (Å²) in [6.45, 7) is 3.21. The Bertz CT molecular complexity index is 749. The maximum Gasteiger partial charge on any atom is 0.434 e. The predicted octanol–water partition coefficient (Wildman–Crippen LogP) is 0.972. The lowest BCUT2D eigenvalue weighted by Crippen LogP contribution is -2.51. The van der Waals surface area contributed by atoms with E-state index >= 15 is 0 Å². The normalized spacial score (nSPS) is 19.6. The molecule has 0 aromatic carbocycles. The molecule has 3 N–H and O–H groups in total. The zero-order valence-corrected chi connectivity index (χ0v) is 14.0. The average molecular weight is 374 g/mol. The van der Waals surface area contributed by atoms with Gasteiger partial charge in [0.2, 0.25) is 11.8 Å². The maximum atomic E-state index is 12.9. The molecule has 1 aliphatic rings. The van der Waals surface area contributed by atoms with Crippen LogP contribution in [0.3, 0.4) is 0 Å². The highest BCUT2D eigenvalue weighted by Gasteiger charge is 2.41. The lowest BCUT2D eigenvalue weighted by molar-refractivity contribution is -0.142. The van der Waals surface area contributed by atoms with Crippen molar-refractivity contribution in [2.24, 2.45) is 11.3 Å². The first-order valence-corrected chi connectivity index (χ1v) is 7.62. The Morgan fingerprint density at radius 1 is 1.42 bits per heavy atom. The van der Waals surface area contributed by atoms with E-state index in [0.717, 1.165) is 0 Å². The topological polar surface area (TPSA) is 121 Å². The van der Waals surface area contributed by atoms with Crippen LogP contribution in [0, 0.1) is 11.3 Å². The zero-order valence-electron chi connectivity index (χ0n) is 14.0. The van der Waals surface area contributed by atoms with E-state index in [1.807, 2.05) is 0 Å². The number of halogens is 3. The van der Waals surface area contributed by atoms with Crippen LogP contribution in [-0.4, -0.2) is 39.4 Å². The Morgan fingerprint density at radius 2 is 2.08 bits per heavy atom. The summed E-state index contributed by atoms with van der Waals surface area (Å²) >= 11 is 0. The molecule has 1 aromatic rings. The van der Waals surface area contributed by atoms with E-state index in [1.165, 1.54) is 0 Å². The fourth-order valence-corrected chi connectivity index (χ4v) is 2.70. The van der Waals surface area contributed by atoms with Crippen molar-refractivity contribution < 1.29 is 32.7 Å². The van der Waals surface area contributed by atoms with E-state index in [1.54, 1.807) is 13.8 Å². The molecule has 142 valence electrons. The number of rotatable bonds is 4. The first-order chi connectivity index (χ1) is 11.9. The summed E-state index contributed by atoms with van der Waals surface area (Å²) in [5, 5.41) is 13.8. The third-order valence-corrected chi connectivity index (χ3v) is 4.14. The minimum atomic E-state index is -4.97. The number of piperidine rings is 1. The minimum absolute atomic E-state index is 0.115. The van der Waals surface area contributed by atoms with Crippen molar-refractivity contribution in [3.63, 3.8) is 0 Å². The Balaban J connectivity index is 2.13. The van der Waals surface area contributed by atoms with Crippen molar-refractivity contribution >= 4 is 17.8 Å². The Morgan fingerprint density at radius 3 is 2.62 bits per heavy atom. The van der Waals surface area contributed by atoms with Crippen molar-refractivity contribution in [1.82, 2.24) is 20.6 Å². The van der Waals surface area contributed by atoms with E-state index in [0.29, 0.717) is 6.20 Å². The molecule has 0 spiro atoms. The molecule has 0 bridgehead atoms. The second-order valence-corrected chi connectivity index (χ2v) is 6.59. The second kappa shape index (κ2) is 6.89. The van der Waals surface area contributed by atoms with Crippen molar-refractivity contribution in [3.05, 3.63) is 23.3 Å². The molecule has 0 aliphatic carbocycles. The first-order valence-electron chi connectivity index (χ1n) is 7.62. The van der Waals surface area contributed by atoms with Gasteiger partial charge in [0.25, 0.3) is 0 Å². The fourth-order valence-electron chi connectivity index (χ4n) is 2.70. The van der Waals surface area contributed by atoms with Gasteiger partial charge in [0.05, 0.1) is 12.5 Å². The quantitative estimate of drug-likeness (QED) is 0.722. The van der Waals surface area contributed by atoms with Gasteiger partial charge in [-0.25, -0.2) is 14.8 Å². The number of carbonyl (C=O) groups excluding carboxylic acids is 2. The fraction of sp³-hybridized carbons (Fsp3) is 0.533. The van der Waals surface area contributed by atoms with Gasteiger partial charge < -0.3 is 15.7 Å². The number of aromatic nitrogens is 2. The molecule has 1 aliphatic heterocycles. The molecule has 1 atom stereocenters. The lowest BCUT2D eigenvalue weighted by atomic mass is 9.73. The maximum absolute atomic E-state index is 12.9. The number of carboxylic acids is 1. The molecular formula is C15H17F3N4O4. The van der Waals surface area contributed by atoms with Crippen LogP contribution in [-0.2, 0) is 22.3 Å². The second-order valence-electron chi connectivity index (χ2n) is 6.59. The summed E-state index contributed by atoms with van der Waals surface area (Å²) in [5.74, 6) is -3.38. The van der Waals surface area contributed by atoms with E-state index in [-0.39, 0.29) is 24.7 Å².